The van der Waals surface area contributed by atoms with Crippen LogP contribution in [0.2, 0.25) is 0 Å². The van der Waals surface area contributed by atoms with Crippen molar-refractivity contribution >= 4 is 34.2 Å². The fourth-order valence-corrected chi connectivity index (χ4v) is 3.76. The molecule has 0 radical (unpaired) electrons. The van der Waals surface area contributed by atoms with E-state index < -0.39 is 10.7 Å². The van der Waals surface area contributed by atoms with E-state index in [-0.39, 0.29) is 0 Å². The van der Waals surface area contributed by atoms with Crippen LogP contribution in [0.4, 0.5) is 5.69 Å². The van der Waals surface area contributed by atoms with Crippen LogP contribution >= 0.6 is 11.8 Å². The first-order chi connectivity index (χ1) is 11.9. The number of aliphatic carboxylic acids is 1. The summed E-state index contributed by atoms with van der Waals surface area (Å²) in [4.78, 5) is 15.9. The minimum atomic E-state index is -0.937. The van der Waals surface area contributed by atoms with E-state index >= 15 is 0 Å². The highest BCUT2D eigenvalue weighted by atomic mass is 32.2. The summed E-state index contributed by atoms with van der Waals surface area (Å²) in [6, 6.07) is 19.5. The highest BCUT2D eigenvalue weighted by Crippen LogP contribution is 2.42. The van der Waals surface area contributed by atoms with Gasteiger partial charge in [-0.15, -0.1) is 11.8 Å². The second kappa shape index (κ2) is 6.62. The predicted octanol–water partition coefficient (Wildman–Crippen LogP) is 6.01. The van der Waals surface area contributed by atoms with Crippen molar-refractivity contribution in [2.75, 3.05) is 0 Å². The van der Waals surface area contributed by atoms with Crippen molar-refractivity contribution in [3.8, 4) is 11.1 Å². The fourth-order valence-electron chi connectivity index (χ4n) is 2.66. The molecule has 0 aromatic heterocycles. The van der Waals surface area contributed by atoms with Gasteiger partial charge in [0, 0.05) is 10.5 Å². The summed E-state index contributed by atoms with van der Waals surface area (Å²) in [5.74, 6) is -0.847. The minimum Gasteiger partial charge on any atom is -0.480 e. The van der Waals surface area contributed by atoms with E-state index in [2.05, 4.69) is 4.85 Å². The Kier molecular flexibility index (Phi) is 4.52. The van der Waals surface area contributed by atoms with Crippen molar-refractivity contribution in [2.24, 2.45) is 0 Å². The van der Waals surface area contributed by atoms with Gasteiger partial charge in [0.25, 0.3) is 0 Å². The molecule has 0 fully saturated rings. The lowest BCUT2D eigenvalue weighted by Crippen LogP contribution is -2.27. The van der Waals surface area contributed by atoms with E-state index in [4.69, 9.17) is 6.57 Å². The van der Waals surface area contributed by atoms with E-state index in [1.807, 2.05) is 48.5 Å². The summed E-state index contributed by atoms with van der Waals surface area (Å²) in [5.41, 5.74) is 2.57. The third-order valence-electron chi connectivity index (χ3n) is 4.06. The molecule has 124 valence electrons. The van der Waals surface area contributed by atoms with Crippen LogP contribution in [0.25, 0.3) is 26.7 Å². The summed E-state index contributed by atoms with van der Waals surface area (Å²) in [7, 11) is 0. The van der Waals surface area contributed by atoms with Crippen molar-refractivity contribution in [3.63, 3.8) is 0 Å². The van der Waals surface area contributed by atoms with Crippen LogP contribution in [-0.4, -0.2) is 15.8 Å². The number of hydrogen-bond donors (Lipinski definition) is 1. The van der Waals surface area contributed by atoms with Gasteiger partial charge < -0.3 is 5.11 Å². The Hall–Kier alpha value is -2.77. The van der Waals surface area contributed by atoms with Gasteiger partial charge in [0.2, 0.25) is 0 Å². The van der Waals surface area contributed by atoms with Crippen molar-refractivity contribution in [3.05, 3.63) is 72.1 Å². The second-order valence-corrected chi connectivity index (χ2v) is 7.90. The molecule has 0 atom stereocenters. The zero-order chi connectivity index (χ0) is 18.0. The third kappa shape index (κ3) is 3.38. The van der Waals surface area contributed by atoms with E-state index in [9.17, 15) is 9.90 Å². The normalized spacial score (nSPS) is 11.2. The number of fused-ring (bicyclic) bond motifs is 1. The molecule has 0 unspecified atom stereocenters. The molecule has 0 amide bonds. The summed E-state index contributed by atoms with van der Waals surface area (Å²) < 4.78 is -0.937. The molecule has 3 rings (SSSR count). The smallest absolute Gasteiger partial charge is 0.319 e. The number of carboxylic acid groups (broad SMARTS) is 1. The number of carboxylic acids is 1. The number of rotatable bonds is 4. The van der Waals surface area contributed by atoms with Crippen molar-refractivity contribution in [1.82, 2.24) is 0 Å². The highest BCUT2D eigenvalue weighted by Gasteiger charge is 2.30. The predicted molar refractivity (Wildman–Crippen MR) is 103 cm³/mol. The lowest BCUT2D eigenvalue weighted by molar-refractivity contribution is -0.138. The van der Waals surface area contributed by atoms with Gasteiger partial charge >= 0.3 is 5.97 Å². The summed E-state index contributed by atoms with van der Waals surface area (Å²) >= 11 is 1.34. The molecule has 0 spiro atoms. The third-order valence-corrected chi connectivity index (χ3v) is 5.30. The first-order valence-electron chi connectivity index (χ1n) is 7.84. The number of hydrogen-bond acceptors (Lipinski definition) is 2. The van der Waals surface area contributed by atoms with E-state index in [1.165, 1.54) is 11.8 Å². The zero-order valence-electron chi connectivity index (χ0n) is 14.0. The molecule has 0 saturated carbocycles. The summed E-state index contributed by atoms with van der Waals surface area (Å²) in [6.07, 6.45) is 0. The molecule has 0 aliphatic rings. The van der Waals surface area contributed by atoms with Crippen LogP contribution in [0.3, 0.4) is 0 Å². The topological polar surface area (TPSA) is 41.7 Å². The standard InChI is InChI=1S/C21H17NO2S/c1-21(2,20(23)24)25-18-13-10-14-6-4-5-7-17(14)19(18)15-8-11-16(22-3)12-9-15/h4-13H,1-2H3,(H,23,24). The molecule has 4 heteroatoms. The zero-order valence-corrected chi connectivity index (χ0v) is 14.8. The molecule has 0 aliphatic heterocycles. The van der Waals surface area contributed by atoms with Gasteiger partial charge in [-0.05, 0) is 36.2 Å². The molecule has 0 heterocycles. The van der Waals surface area contributed by atoms with Gasteiger partial charge in [-0.2, -0.15) is 0 Å². The Morgan fingerprint density at radius 3 is 2.36 bits per heavy atom. The lowest BCUT2D eigenvalue weighted by Gasteiger charge is -2.21. The van der Waals surface area contributed by atoms with Gasteiger partial charge in [0.1, 0.15) is 4.75 Å². The molecular weight excluding hydrogens is 330 g/mol. The minimum absolute atomic E-state index is 0.587. The average Bonchev–Trinajstić information content (AvgIpc) is 2.61. The molecule has 1 N–H and O–H groups in total. The molecule has 0 saturated heterocycles. The van der Waals surface area contributed by atoms with Crippen molar-refractivity contribution < 1.29 is 9.90 Å². The van der Waals surface area contributed by atoms with Crippen LogP contribution < -0.4 is 0 Å². The number of thioether (sulfide) groups is 1. The van der Waals surface area contributed by atoms with Crippen LogP contribution in [0, 0.1) is 6.57 Å². The Morgan fingerprint density at radius 2 is 1.72 bits per heavy atom. The second-order valence-electron chi connectivity index (χ2n) is 6.24. The van der Waals surface area contributed by atoms with Crippen molar-refractivity contribution in [1.29, 1.82) is 0 Å². The Bertz CT molecular complexity index is 985. The molecule has 3 aromatic rings. The Balaban J connectivity index is 2.23. The molecule has 25 heavy (non-hydrogen) atoms. The quantitative estimate of drug-likeness (QED) is 0.464. The van der Waals surface area contributed by atoms with Gasteiger partial charge in [-0.3, -0.25) is 4.79 Å². The fraction of sp³-hybridized carbons (Fsp3) is 0.143. The maximum absolute atomic E-state index is 11.6. The largest absolute Gasteiger partial charge is 0.480 e. The number of carbonyl (C=O) groups is 1. The first kappa shape index (κ1) is 17.1. The Labute approximate surface area is 151 Å². The summed E-state index contributed by atoms with van der Waals surface area (Å²) in [5, 5.41) is 11.7. The molecule has 0 aliphatic carbocycles. The van der Waals surface area contributed by atoms with E-state index in [1.54, 1.807) is 26.0 Å². The van der Waals surface area contributed by atoms with Gasteiger partial charge in [-0.25, -0.2) is 4.85 Å². The van der Waals surface area contributed by atoms with E-state index in [0.717, 1.165) is 26.8 Å². The average molecular weight is 347 g/mol. The van der Waals surface area contributed by atoms with Gasteiger partial charge in [0.15, 0.2) is 5.69 Å². The van der Waals surface area contributed by atoms with Crippen LogP contribution in [0.15, 0.2) is 65.6 Å². The SMILES string of the molecule is [C-]#[N+]c1ccc(-c2c(SC(C)(C)C(=O)O)ccc3ccccc23)cc1. The maximum atomic E-state index is 11.6. The highest BCUT2D eigenvalue weighted by molar-refractivity contribution is 8.01. The van der Waals surface area contributed by atoms with Crippen LogP contribution in [0.1, 0.15) is 13.8 Å². The van der Waals surface area contributed by atoms with Crippen molar-refractivity contribution in [2.45, 2.75) is 23.5 Å². The van der Waals surface area contributed by atoms with Crippen LogP contribution in [-0.2, 0) is 4.79 Å². The first-order valence-corrected chi connectivity index (χ1v) is 8.66. The lowest BCUT2D eigenvalue weighted by atomic mass is 9.98. The summed E-state index contributed by atoms with van der Waals surface area (Å²) in [6.45, 7) is 10.5. The molecule has 0 bridgehead atoms. The molecule has 3 nitrogen and oxygen atoms in total. The van der Waals surface area contributed by atoms with Crippen LogP contribution in [0.5, 0.6) is 0 Å². The number of benzene rings is 3. The van der Waals surface area contributed by atoms with Gasteiger partial charge in [-0.1, -0.05) is 54.6 Å². The monoisotopic (exact) mass is 347 g/mol. The number of nitrogens with zero attached hydrogens (tertiary/aromatic N) is 1. The Morgan fingerprint density at radius 1 is 1.04 bits per heavy atom. The van der Waals surface area contributed by atoms with Gasteiger partial charge in [0.05, 0.1) is 6.57 Å². The molecular formula is C21H17NO2S. The maximum Gasteiger partial charge on any atom is 0.319 e. The molecule has 3 aromatic carbocycles. The van der Waals surface area contributed by atoms with E-state index in [0.29, 0.717) is 5.69 Å².